The van der Waals surface area contributed by atoms with Crippen LogP contribution in [0.2, 0.25) is 5.02 Å². The lowest BCUT2D eigenvalue weighted by Gasteiger charge is -2.26. The maximum Gasteiger partial charge on any atom is 0.269 e. The number of non-ortho nitro benzene ring substituents is 1. The van der Waals surface area contributed by atoms with E-state index in [0.29, 0.717) is 24.1 Å². The molecule has 0 bridgehead atoms. The van der Waals surface area contributed by atoms with Crippen molar-refractivity contribution in [3.05, 3.63) is 74.8 Å². The number of benzene rings is 2. The van der Waals surface area contributed by atoms with Crippen molar-refractivity contribution < 1.29 is 9.66 Å². The SMILES string of the molecule is O=[N+]([O-])c1ccc(CN=C(NCCCN2CCOCC2)NCc2ccccc2Cl)cc1. The zero-order chi connectivity index (χ0) is 21.9. The van der Waals surface area contributed by atoms with Gasteiger partial charge in [-0.1, -0.05) is 41.9 Å². The van der Waals surface area contributed by atoms with Crippen molar-refractivity contribution in [1.82, 2.24) is 15.5 Å². The first-order valence-corrected chi connectivity index (χ1v) is 10.8. The van der Waals surface area contributed by atoms with Gasteiger partial charge in [-0.15, -0.1) is 0 Å². The number of nitrogens with zero attached hydrogens (tertiary/aromatic N) is 3. The van der Waals surface area contributed by atoms with Crippen LogP contribution in [-0.4, -0.2) is 55.2 Å². The molecule has 166 valence electrons. The zero-order valence-corrected chi connectivity index (χ0v) is 18.2. The number of morpholine rings is 1. The van der Waals surface area contributed by atoms with Crippen LogP contribution in [0.25, 0.3) is 0 Å². The third-order valence-electron chi connectivity index (χ3n) is 5.02. The largest absolute Gasteiger partial charge is 0.379 e. The van der Waals surface area contributed by atoms with Gasteiger partial charge in [0.25, 0.3) is 5.69 Å². The molecule has 1 saturated heterocycles. The maximum atomic E-state index is 10.8. The first-order valence-electron chi connectivity index (χ1n) is 10.4. The second-order valence-corrected chi connectivity index (χ2v) is 7.67. The van der Waals surface area contributed by atoms with E-state index < -0.39 is 4.92 Å². The van der Waals surface area contributed by atoms with Crippen LogP contribution in [0.1, 0.15) is 17.5 Å². The Labute approximate surface area is 187 Å². The number of nitro benzene ring substituents is 1. The summed E-state index contributed by atoms with van der Waals surface area (Å²) in [6.45, 7) is 6.32. The molecule has 0 spiro atoms. The highest BCUT2D eigenvalue weighted by molar-refractivity contribution is 6.31. The molecular formula is C22H28ClN5O3. The molecule has 1 heterocycles. The highest BCUT2D eigenvalue weighted by Gasteiger charge is 2.10. The van der Waals surface area contributed by atoms with Crippen molar-refractivity contribution in [2.45, 2.75) is 19.5 Å². The molecule has 0 aromatic heterocycles. The summed E-state index contributed by atoms with van der Waals surface area (Å²) in [5.41, 5.74) is 1.96. The van der Waals surface area contributed by atoms with Gasteiger partial charge in [0, 0.05) is 43.3 Å². The van der Waals surface area contributed by atoms with E-state index in [-0.39, 0.29) is 5.69 Å². The van der Waals surface area contributed by atoms with Gasteiger partial charge in [-0.2, -0.15) is 0 Å². The molecule has 2 aromatic rings. The van der Waals surface area contributed by atoms with Crippen LogP contribution in [-0.2, 0) is 17.8 Å². The predicted molar refractivity (Wildman–Crippen MR) is 122 cm³/mol. The Kier molecular flexibility index (Phi) is 9.08. The van der Waals surface area contributed by atoms with Gasteiger partial charge in [-0.25, -0.2) is 4.99 Å². The van der Waals surface area contributed by atoms with Crippen LogP contribution in [0, 0.1) is 10.1 Å². The van der Waals surface area contributed by atoms with Crippen LogP contribution < -0.4 is 10.6 Å². The van der Waals surface area contributed by atoms with Crippen LogP contribution >= 0.6 is 11.6 Å². The van der Waals surface area contributed by atoms with E-state index in [2.05, 4.69) is 20.5 Å². The van der Waals surface area contributed by atoms with Crippen molar-refractivity contribution >= 4 is 23.2 Å². The molecule has 1 aliphatic heterocycles. The molecule has 0 amide bonds. The molecule has 0 saturated carbocycles. The van der Waals surface area contributed by atoms with Crippen molar-refractivity contribution in [2.24, 2.45) is 4.99 Å². The van der Waals surface area contributed by atoms with Crippen molar-refractivity contribution in [3.63, 3.8) is 0 Å². The summed E-state index contributed by atoms with van der Waals surface area (Å²) < 4.78 is 5.39. The molecule has 9 heteroatoms. The van der Waals surface area contributed by atoms with Crippen LogP contribution in [0.15, 0.2) is 53.5 Å². The van der Waals surface area contributed by atoms with Crippen molar-refractivity contribution in [2.75, 3.05) is 39.4 Å². The fourth-order valence-electron chi connectivity index (χ4n) is 3.22. The predicted octanol–water partition coefficient (Wildman–Crippen LogP) is 3.21. The molecule has 0 unspecified atom stereocenters. The normalized spacial score (nSPS) is 14.9. The van der Waals surface area contributed by atoms with Gasteiger partial charge in [-0.3, -0.25) is 15.0 Å². The minimum Gasteiger partial charge on any atom is -0.379 e. The first-order chi connectivity index (χ1) is 15.1. The molecule has 31 heavy (non-hydrogen) atoms. The summed E-state index contributed by atoms with van der Waals surface area (Å²) in [6, 6.07) is 14.1. The molecule has 0 atom stereocenters. The maximum absolute atomic E-state index is 10.8. The van der Waals surface area contributed by atoms with E-state index >= 15 is 0 Å². The lowest BCUT2D eigenvalue weighted by Crippen LogP contribution is -2.40. The number of nitro groups is 1. The average Bonchev–Trinajstić information content (AvgIpc) is 2.80. The highest BCUT2D eigenvalue weighted by atomic mass is 35.5. The van der Waals surface area contributed by atoms with E-state index in [1.165, 1.54) is 12.1 Å². The minimum absolute atomic E-state index is 0.0750. The summed E-state index contributed by atoms with van der Waals surface area (Å²) in [5, 5.41) is 18.2. The number of hydrogen-bond donors (Lipinski definition) is 2. The number of guanidine groups is 1. The van der Waals surface area contributed by atoms with Crippen LogP contribution in [0.3, 0.4) is 0 Å². The van der Waals surface area contributed by atoms with Crippen molar-refractivity contribution in [3.8, 4) is 0 Å². The van der Waals surface area contributed by atoms with E-state index in [9.17, 15) is 10.1 Å². The number of hydrogen-bond acceptors (Lipinski definition) is 5. The molecule has 0 aliphatic carbocycles. The Morgan fingerprint density at radius 1 is 1.13 bits per heavy atom. The second-order valence-electron chi connectivity index (χ2n) is 7.27. The van der Waals surface area contributed by atoms with Gasteiger partial charge in [0.05, 0.1) is 24.7 Å². The fraction of sp³-hybridized carbons (Fsp3) is 0.409. The molecular weight excluding hydrogens is 418 g/mol. The average molecular weight is 446 g/mol. The second kappa shape index (κ2) is 12.2. The summed E-state index contributed by atoms with van der Waals surface area (Å²) in [7, 11) is 0. The summed E-state index contributed by atoms with van der Waals surface area (Å²) >= 11 is 6.26. The number of ether oxygens (including phenoxy) is 1. The fourth-order valence-corrected chi connectivity index (χ4v) is 3.43. The summed E-state index contributed by atoms with van der Waals surface area (Å²) in [6.07, 6.45) is 0.990. The number of rotatable bonds is 9. The van der Waals surface area contributed by atoms with Gasteiger partial charge in [0.2, 0.25) is 0 Å². The Hall–Kier alpha value is -2.68. The number of nitrogens with one attached hydrogen (secondary N) is 2. The van der Waals surface area contributed by atoms with Gasteiger partial charge in [0.1, 0.15) is 0 Å². The van der Waals surface area contributed by atoms with E-state index in [0.717, 1.165) is 56.9 Å². The smallest absolute Gasteiger partial charge is 0.269 e. The van der Waals surface area contributed by atoms with Gasteiger partial charge >= 0.3 is 0 Å². The topological polar surface area (TPSA) is 92.0 Å². The molecule has 0 radical (unpaired) electrons. The zero-order valence-electron chi connectivity index (χ0n) is 17.4. The van der Waals surface area contributed by atoms with E-state index in [1.807, 2.05) is 24.3 Å². The summed E-state index contributed by atoms with van der Waals surface area (Å²) in [4.78, 5) is 17.5. The Morgan fingerprint density at radius 2 is 1.87 bits per heavy atom. The highest BCUT2D eigenvalue weighted by Crippen LogP contribution is 2.15. The number of aliphatic imine (C=N–C) groups is 1. The van der Waals surface area contributed by atoms with Gasteiger partial charge in [0.15, 0.2) is 5.96 Å². The molecule has 2 aromatic carbocycles. The Balaban J connectivity index is 1.56. The molecule has 2 N–H and O–H groups in total. The molecule has 3 rings (SSSR count). The standard InChI is InChI=1S/C22H28ClN5O3/c23-21-5-2-1-4-19(21)17-26-22(24-10-3-11-27-12-14-31-15-13-27)25-16-18-6-8-20(9-7-18)28(29)30/h1-2,4-9H,3,10-17H2,(H2,24,25,26). The van der Waals surface area contributed by atoms with Gasteiger partial charge < -0.3 is 15.4 Å². The number of halogens is 1. The first kappa shape index (κ1) is 23.0. The quantitative estimate of drug-likeness (QED) is 0.202. The third kappa shape index (κ3) is 7.82. The van der Waals surface area contributed by atoms with E-state index in [1.54, 1.807) is 12.1 Å². The van der Waals surface area contributed by atoms with Crippen LogP contribution in [0.4, 0.5) is 5.69 Å². The van der Waals surface area contributed by atoms with E-state index in [4.69, 9.17) is 16.3 Å². The van der Waals surface area contributed by atoms with Crippen LogP contribution in [0.5, 0.6) is 0 Å². The van der Waals surface area contributed by atoms with Crippen molar-refractivity contribution in [1.29, 1.82) is 0 Å². The summed E-state index contributed by atoms with van der Waals surface area (Å²) in [5.74, 6) is 0.681. The monoisotopic (exact) mass is 445 g/mol. The molecule has 1 fully saturated rings. The minimum atomic E-state index is -0.403. The molecule has 8 nitrogen and oxygen atoms in total. The lowest BCUT2D eigenvalue weighted by atomic mass is 10.2. The molecule has 1 aliphatic rings. The van der Waals surface area contributed by atoms with Gasteiger partial charge in [-0.05, 0) is 30.2 Å². The third-order valence-corrected chi connectivity index (χ3v) is 5.39. The Morgan fingerprint density at radius 3 is 2.58 bits per heavy atom. The Bertz CT molecular complexity index is 870. The lowest BCUT2D eigenvalue weighted by molar-refractivity contribution is -0.384.